The Bertz CT molecular complexity index is 404. The van der Waals surface area contributed by atoms with Crippen molar-refractivity contribution in [3.63, 3.8) is 0 Å². The van der Waals surface area contributed by atoms with Crippen LogP contribution in [0.5, 0.6) is 5.75 Å². The summed E-state index contributed by atoms with van der Waals surface area (Å²) >= 11 is 0. The third-order valence-corrected chi connectivity index (χ3v) is 2.25. The smallest absolute Gasteiger partial charge is 0.397 e. The molecule has 0 aliphatic heterocycles. The second-order valence-electron chi connectivity index (χ2n) is 3.34. The Hall–Kier alpha value is -1.37. The van der Waals surface area contributed by atoms with Crippen molar-refractivity contribution < 1.29 is 26.7 Å². The molecule has 1 unspecified atom stereocenters. The van der Waals surface area contributed by atoms with Crippen LogP contribution in [0.15, 0.2) is 12.1 Å². The van der Waals surface area contributed by atoms with E-state index in [9.17, 15) is 22.0 Å². The maximum absolute atomic E-state index is 13.2. The Morgan fingerprint density at radius 1 is 1.29 bits per heavy atom. The lowest BCUT2D eigenvalue weighted by Gasteiger charge is -2.21. The van der Waals surface area contributed by atoms with Crippen LogP contribution >= 0.6 is 0 Å². The molecule has 7 heteroatoms. The van der Waals surface area contributed by atoms with Gasteiger partial charge in [0.05, 0.1) is 13.0 Å². The van der Waals surface area contributed by atoms with Gasteiger partial charge >= 0.3 is 6.18 Å². The van der Waals surface area contributed by atoms with Gasteiger partial charge < -0.3 is 10.5 Å². The van der Waals surface area contributed by atoms with E-state index in [1.165, 1.54) is 0 Å². The Balaban J connectivity index is 3.37. The number of halogens is 5. The van der Waals surface area contributed by atoms with Crippen LogP contribution in [0, 0.1) is 11.6 Å². The summed E-state index contributed by atoms with van der Waals surface area (Å²) in [6.45, 7) is -0.817. The molecule has 0 saturated heterocycles. The van der Waals surface area contributed by atoms with Crippen LogP contribution in [0.2, 0.25) is 0 Å². The number of rotatable bonds is 3. The molecule has 0 aliphatic carbocycles. The maximum Gasteiger partial charge on any atom is 0.397 e. The lowest BCUT2D eigenvalue weighted by atomic mass is 9.97. The first-order chi connectivity index (χ1) is 7.81. The van der Waals surface area contributed by atoms with Gasteiger partial charge in [0.15, 0.2) is 11.6 Å². The van der Waals surface area contributed by atoms with Gasteiger partial charge in [-0.25, -0.2) is 8.78 Å². The van der Waals surface area contributed by atoms with Gasteiger partial charge in [-0.05, 0) is 6.07 Å². The summed E-state index contributed by atoms with van der Waals surface area (Å²) in [7, 11) is 1.00. The lowest BCUT2D eigenvalue weighted by molar-refractivity contribution is -0.148. The molecule has 0 heterocycles. The SMILES string of the molecule is COc1c(F)cc(F)cc1C(CN)C(F)(F)F. The summed E-state index contributed by atoms with van der Waals surface area (Å²) in [6, 6.07) is 1.03. The highest BCUT2D eigenvalue weighted by Gasteiger charge is 2.42. The van der Waals surface area contributed by atoms with Crippen LogP contribution in [0.25, 0.3) is 0 Å². The van der Waals surface area contributed by atoms with E-state index in [1.54, 1.807) is 0 Å². The van der Waals surface area contributed by atoms with E-state index in [-0.39, 0.29) is 0 Å². The van der Waals surface area contributed by atoms with Gasteiger partial charge in [0.25, 0.3) is 0 Å². The van der Waals surface area contributed by atoms with Crippen molar-refractivity contribution in [2.45, 2.75) is 12.1 Å². The molecule has 1 aromatic rings. The highest BCUT2D eigenvalue weighted by atomic mass is 19.4. The Morgan fingerprint density at radius 3 is 2.29 bits per heavy atom. The van der Waals surface area contributed by atoms with Crippen LogP contribution in [0.4, 0.5) is 22.0 Å². The fourth-order valence-electron chi connectivity index (χ4n) is 1.49. The number of methoxy groups -OCH3 is 1. The highest BCUT2D eigenvalue weighted by molar-refractivity contribution is 5.39. The normalized spacial score (nSPS) is 13.6. The number of hydrogen-bond acceptors (Lipinski definition) is 2. The first-order valence-corrected chi connectivity index (χ1v) is 4.61. The number of ether oxygens (including phenoxy) is 1. The Labute approximate surface area is 94.2 Å². The molecule has 96 valence electrons. The molecule has 0 aromatic heterocycles. The fraction of sp³-hybridized carbons (Fsp3) is 0.400. The molecule has 1 rings (SSSR count). The van der Waals surface area contributed by atoms with Crippen LogP contribution in [-0.4, -0.2) is 19.8 Å². The van der Waals surface area contributed by atoms with Crippen molar-refractivity contribution >= 4 is 0 Å². The highest BCUT2D eigenvalue weighted by Crippen LogP contribution is 2.39. The molecule has 0 spiro atoms. The topological polar surface area (TPSA) is 35.2 Å². The summed E-state index contributed by atoms with van der Waals surface area (Å²) in [4.78, 5) is 0. The van der Waals surface area contributed by atoms with Crippen LogP contribution < -0.4 is 10.5 Å². The van der Waals surface area contributed by atoms with Gasteiger partial charge in [-0.3, -0.25) is 0 Å². The molecule has 2 N–H and O–H groups in total. The second kappa shape index (κ2) is 4.87. The third-order valence-electron chi connectivity index (χ3n) is 2.25. The van der Waals surface area contributed by atoms with E-state index in [2.05, 4.69) is 4.74 Å². The van der Waals surface area contributed by atoms with Crippen LogP contribution in [0.1, 0.15) is 11.5 Å². The molecule has 0 fully saturated rings. The first-order valence-electron chi connectivity index (χ1n) is 4.61. The molecule has 0 bridgehead atoms. The van der Waals surface area contributed by atoms with Crippen LogP contribution in [0.3, 0.4) is 0 Å². The molecule has 1 aromatic carbocycles. The Morgan fingerprint density at radius 2 is 1.88 bits per heavy atom. The zero-order valence-electron chi connectivity index (χ0n) is 8.81. The summed E-state index contributed by atoms with van der Waals surface area (Å²) in [5.41, 5.74) is 4.36. The molecule has 0 aliphatic rings. The quantitative estimate of drug-likeness (QED) is 0.842. The minimum atomic E-state index is -4.69. The van der Waals surface area contributed by atoms with Gasteiger partial charge in [0.2, 0.25) is 0 Å². The van der Waals surface area contributed by atoms with Gasteiger partial charge in [-0.2, -0.15) is 13.2 Å². The minimum Gasteiger partial charge on any atom is -0.493 e. The molecule has 1 atom stereocenters. The minimum absolute atomic E-state index is 0.451. The van der Waals surface area contributed by atoms with E-state index in [0.29, 0.717) is 12.1 Å². The van der Waals surface area contributed by atoms with Crippen molar-refractivity contribution in [3.8, 4) is 5.75 Å². The van der Waals surface area contributed by atoms with Gasteiger partial charge in [0, 0.05) is 18.2 Å². The second-order valence-corrected chi connectivity index (χ2v) is 3.34. The van der Waals surface area contributed by atoms with Crippen molar-refractivity contribution in [2.75, 3.05) is 13.7 Å². The predicted octanol–water partition coefficient (Wildman–Crippen LogP) is 2.58. The summed E-state index contributed by atoms with van der Waals surface area (Å²) in [6.07, 6.45) is -4.69. The molecule has 2 nitrogen and oxygen atoms in total. The molecule has 0 radical (unpaired) electrons. The summed E-state index contributed by atoms with van der Waals surface area (Å²) in [5.74, 6) is -5.10. The standard InChI is InChI=1S/C10H10F5NO/c1-17-9-6(2-5(11)3-8(9)12)7(4-16)10(13,14)15/h2-3,7H,4,16H2,1H3. The average Bonchev–Trinajstić information content (AvgIpc) is 2.15. The van der Waals surface area contributed by atoms with E-state index in [0.717, 1.165) is 7.11 Å². The van der Waals surface area contributed by atoms with Gasteiger partial charge in [0.1, 0.15) is 5.82 Å². The van der Waals surface area contributed by atoms with Crippen LogP contribution in [-0.2, 0) is 0 Å². The predicted molar refractivity (Wildman–Crippen MR) is 50.8 cm³/mol. The van der Waals surface area contributed by atoms with E-state index < -0.39 is 41.6 Å². The lowest BCUT2D eigenvalue weighted by Crippen LogP contribution is -2.28. The van der Waals surface area contributed by atoms with Crippen molar-refractivity contribution in [3.05, 3.63) is 29.3 Å². The first kappa shape index (κ1) is 13.7. The van der Waals surface area contributed by atoms with Gasteiger partial charge in [-0.1, -0.05) is 0 Å². The monoisotopic (exact) mass is 255 g/mol. The number of alkyl halides is 3. The van der Waals surface area contributed by atoms with Crippen molar-refractivity contribution in [1.82, 2.24) is 0 Å². The largest absolute Gasteiger partial charge is 0.493 e. The summed E-state index contributed by atoms with van der Waals surface area (Å²) < 4.78 is 68.5. The molecule has 0 amide bonds. The number of nitrogens with two attached hydrogens (primary N) is 1. The maximum atomic E-state index is 13.2. The number of hydrogen-bond donors (Lipinski definition) is 1. The molecular formula is C10H10F5NO. The van der Waals surface area contributed by atoms with Gasteiger partial charge in [-0.15, -0.1) is 0 Å². The molecular weight excluding hydrogens is 245 g/mol. The third kappa shape index (κ3) is 2.85. The average molecular weight is 255 g/mol. The summed E-state index contributed by atoms with van der Waals surface area (Å²) in [5, 5.41) is 0. The molecule has 0 saturated carbocycles. The Kier molecular flexibility index (Phi) is 3.92. The van der Waals surface area contributed by atoms with E-state index >= 15 is 0 Å². The van der Waals surface area contributed by atoms with E-state index in [4.69, 9.17) is 5.73 Å². The zero-order valence-corrected chi connectivity index (χ0v) is 8.81. The van der Waals surface area contributed by atoms with Crippen molar-refractivity contribution in [2.24, 2.45) is 5.73 Å². The molecule has 17 heavy (non-hydrogen) atoms. The number of benzene rings is 1. The fourth-order valence-corrected chi connectivity index (χ4v) is 1.49. The zero-order chi connectivity index (χ0) is 13.2. The van der Waals surface area contributed by atoms with E-state index in [1.807, 2.05) is 0 Å². The van der Waals surface area contributed by atoms with Crippen molar-refractivity contribution in [1.29, 1.82) is 0 Å².